The number of hydrogen-bond donors (Lipinski definition) is 4. The van der Waals surface area contributed by atoms with Gasteiger partial charge in [0.25, 0.3) is 10.1 Å². The van der Waals surface area contributed by atoms with Gasteiger partial charge in [0.15, 0.2) is 0 Å². The minimum absolute atomic E-state index is 0.0155. The summed E-state index contributed by atoms with van der Waals surface area (Å²) in [4.78, 5) is 38.3. The van der Waals surface area contributed by atoms with Crippen molar-refractivity contribution < 1.29 is 36.9 Å². The van der Waals surface area contributed by atoms with Crippen LogP contribution in [-0.2, 0) is 24.5 Å². The highest BCUT2D eigenvalue weighted by atomic mass is 32.2. The van der Waals surface area contributed by atoms with Gasteiger partial charge in [0.1, 0.15) is 0 Å². The summed E-state index contributed by atoms with van der Waals surface area (Å²) >= 11 is 0. The largest absolute Gasteiger partial charge is 0.481 e. The fourth-order valence-electron chi connectivity index (χ4n) is 8.26. The van der Waals surface area contributed by atoms with E-state index in [1.807, 2.05) is 6.92 Å². The number of carboxylic acids is 1. The molecule has 2 amide bonds. The Labute approximate surface area is 293 Å². The SMILES string of the molecule is CCCCCCCCCCCC[N+](C)(C)CC(C)CC(CC1CCCC1C(CC(CC)C(N)=O)C(=O)O)C(=O)NC(C)(C)CS(=O)(=O)O. The lowest BCUT2D eigenvalue weighted by Crippen LogP contribution is -2.51. The van der Waals surface area contributed by atoms with Crippen molar-refractivity contribution in [3.63, 3.8) is 0 Å². The smallest absolute Gasteiger partial charge is 0.306 e. The van der Waals surface area contributed by atoms with Crippen LogP contribution in [-0.4, -0.2) is 78.8 Å². The molecule has 282 valence electrons. The highest BCUT2D eigenvalue weighted by molar-refractivity contribution is 7.85. The highest BCUT2D eigenvalue weighted by Crippen LogP contribution is 2.44. The topological polar surface area (TPSA) is 164 Å². The molecule has 48 heavy (non-hydrogen) atoms. The van der Waals surface area contributed by atoms with E-state index < -0.39 is 51.0 Å². The number of rotatable bonds is 27. The Hall–Kier alpha value is -1.72. The summed E-state index contributed by atoms with van der Waals surface area (Å²) in [6.45, 7) is 11.4. The van der Waals surface area contributed by atoms with Crippen LogP contribution in [0.3, 0.4) is 0 Å². The maximum absolute atomic E-state index is 13.9. The van der Waals surface area contributed by atoms with Gasteiger partial charge < -0.3 is 20.6 Å². The van der Waals surface area contributed by atoms with Gasteiger partial charge in [0.05, 0.1) is 44.4 Å². The van der Waals surface area contributed by atoms with E-state index in [0.29, 0.717) is 19.3 Å². The number of hydrogen-bond acceptors (Lipinski definition) is 5. The molecule has 1 fully saturated rings. The lowest BCUT2D eigenvalue weighted by atomic mass is 9.74. The Morgan fingerprint density at radius 1 is 0.917 bits per heavy atom. The summed E-state index contributed by atoms with van der Waals surface area (Å²) < 4.78 is 33.7. The Bertz CT molecular complexity index is 1080. The molecule has 6 atom stereocenters. The van der Waals surface area contributed by atoms with Gasteiger partial charge in [0.2, 0.25) is 11.8 Å². The molecule has 1 saturated carbocycles. The predicted molar refractivity (Wildman–Crippen MR) is 194 cm³/mol. The zero-order valence-electron chi connectivity index (χ0n) is 31.5. The molecular formula is C37H72N3O7S+. The number of unbranched alkanes of at least 4 members (excludes halogenated alkanes) is 9. The van der Waals surface area contributed by atoms with Crippen LogP contribution < -0.4 is 11.1 Å². The van der Waals surface area contributed by atoms with Crippen LogP contribution in [0.1, 0.15) is 144 Å². The summed E-state index contributed by atoms with van der Waals surface area (Å²) in [5.41, 5.74) is 4.41. The van der Waals surface area contributed by atoms with Gasteiger partial charge in [-0.25, -0.2) is 0 Å². The van der Waals surface area contributed by atoms with Gasteiger partial charge in [-0.3, -0.25) is 18.9 Å². The molecule has 0 aromatic rings. The number of primary amides is 1. The number of aliphatic carboxylic acids is 1. The van der Waals surface area contributed by atoms with E-state index in [-0.39, 0.29) is 30.1 Å². The van der Waals surface area contributed by atoms with Gasteiger partial charge in [-0.2, -0.15) is 8.42 Å². The minimum Gasteiger partial charge on any atom is -0.481 e. The lowest BCUT2D eigenvalue weighted by Gasteiger charge is -2.35. The number of quaternary nitrogens is 1. The van der Waals surface area contributed by atoms with Crippen LogP contribution in [0.15, 0.2) is 0 Å². The molecule has 1 rings (SSSR count). The van der Waals surface area contributed by atoms with Crippen molar-refractivity contribution >= 4 is 27.9 Å². The summed E-state index contributed by atoms with van der Waals surface area (Å²) in [5, 5.41) is 13.1. The van der Waals surface area contributed by atoms with Gasteiger partial charge in [-0.15, -0.1) is 0 Å². The molecule has 0 aliphatic heterocycles. The highest BCUT2D eigenvalue weighted by Gasteiger charge is 2.42. The number of carbonyl (C=O) groups excluding carboxylic acids is 2. The Morgan fingerprint density at radius 3 is 1.98 bits per heavy atom. The monoisotopic (exact) mass is 703 g/mol. The Kier molecular flexibility index (Phi) is 19.8. The number of nitrogens with zero attached hydrogens (tertiary/aromatic N) is 1. The first-order valence-electron chi connectivity index (χ1n) is 18.9. The van der Waals surface area contributed by atoms with Crippen LogP contribution >= 0.6 is 0 Å². The Balaban J connectivity index is 2.97. The van der Waals surface area contributed by atoms with E-state index in [4.69, 9.17) is 5.73 Å². The first-order chi connectivity index (χ1) is 22.3. The zero-order chi connectivity index (χ0) is 36.5. The third-order valence-electron chi connectivity index (χ3n) is 10.6. The number of carboxylic acid groups (broad SMARTS) is 1. The fourth-order valence-corrected chi connectivity index (χ4v) is 9.25. The molecule has 1 aliphatic carbocycles. The Morgan fingerprint density at radius 2 is 1.48 bits per heavy atom. The normalized spacial score (nSPS) is 19.8. The first-order valence-corrected chi connectivity index (χ1v) is 20.5. The zero-order valence-corrected chi connectivity index (χ0v) is 32.3. The molecule has 0 heterocycles. The average molecular weight is 703 g/mol. The second kappa shape index (κ2) is 21.5. The summed E-state index contributed by atoms with van der Waals surface area (Å²) in [5.74, 6) is -3.95. The van der Waals surface area contributed by atoms with Gasteiger partial charge in [-0.1, -0.05) is 85.0 Å². The second-order valence-electron chi connectivity index (χ2n) is 16.4. The number of carbonyl (C=O) groups is 3. The van der Waals surface area contributed by atoms with Crippen LogP contribution in [0.4, 0.5) is 0 Å². The van der Waals surface area contributed by atoms with Crippen molar-refractivity contribution in [2.75, 3.05) is 32.9 Å². The van der Waals surface area contributed by atoms with Gasteiger partial charge in [0, 0.05) is 17.8 Å². The van der Waals surface area contributed by atoms with E-state index in [1.165, 1.54) is 57.8 Å². The number of nitrogens with one attached hydrogen (secondary N) is 1. The molecule has 0 bridgehead atoms. The summed E-state index contributed by atoms with van der Waals surface area (Å²) in [7, 11) is 0.161. The van der Waals surface area contributed by atoms with Crippen molar-refractivity contribution in [1.82, 2.24) is 5.32 Å². The number of amides is 2. The van der Waals surface area contributed by atoms with Crippen molar-refractivity contribution in [3.05, 3.63) is 0 Å². The predicted octanol–water partition coefficient (Wildman–Crippen LogP) is 6.82. The average Bonchev–Trinajstić information content (AvgIpc) is 3.39. The van der Waals surface area contributed by atoms with Crippen molar-refractivity contribution in [1.29, 1.82) is 0 Å². The molecule has 6 unspecified atom stereocenters. The molecule has 0 radical (unpaired) electrons. The van der Waals surface area contributed by atoms with Crippen molar-refractivity contribution in [2.24, 2.45) is 41.2 Å². The van der Waals surface area contributed by atoms with E-state index >= 15 is 0 Å². The van der Waals surface area contributed by atoms with Gasteiger partial charge in [-0.05, 0) is 70.6 Å². The summed E-state index contributed by atoms with van der Waals surface area (Å²) in [6, 6.07) is 0. The van der Waals surface area contributed by atoms with Crippen LogP contribution in [0.2, 0.25) is 0 Å². The minimum atomic E-state index is -4.32. The number of nitrogens with two attached hydrogens (primary N) is 1. The molecule has 0 saturated heterocycles. The fraction of sp³-hybridized carbons (Fsp3) is 0.919. The van der Waals surface area contributed by atoms with E-state index in [9.17, 15) is 32.5 Å². The first kappa shape index (κ1) is 44.3. The maximum atomic E-state index is 13.9. The van der Waals surface area contributed by atoms with Crippen LogP contribution in [0.25, 0.3) is 0 Å². The standard InChI is InChI=1S/C37H71N3O7S/c1-8-10-11-12-13-14-15-16-17-18-22-40(6,7)26-28(3)23-31(35(42)39-37(4,5)27-48(45,46)47)24-30-20-19-21-32(30)33(36(43)44)25-29(9-2)34(38)41/h28-33H,8-27H2,1-7H3,(H4-,38,39,41,42,43,44,45,46,47)/p+1. The molecular weight excluding hydrogens is 630 g/mol. The molecule has 0 spiro atoms. The quantitative estimate of drug-likeness (QED) is 0.0415. The molecule has 5 N–H and O–H groups in total. The third kappa shape index (κ3) is 18.3. The van der Waals surface area contributed by atoms with E-state index in [1.54, 1.807) is 13.8 Å². The molecule has 1 aliphatic rings. The van der Waals surface area contributed by atoms with E-state index in [0.717, 1.165) is 43.3 Å². The molecule has 11 heteroatoms. The van der Waals surface area contributed by atoms with E-state index in [2.05, 4.69) is 33.3 Å². The third-order valence-corrected chi connectivity index (χ3v) is 11.6. The van der Waals surface area contributed by atoms with Crippen LogP contribution in [0.5, 0.6) is 0 Å². The van der Waals surface area contributed by atoms with Crippen molar-refractivity contribution in [2.45, 2.75) is 149 Å². The van der Waals surface area contributed by atoms with Gasteiger partial charge >= 0.3 is 5.97 Å². The molecule has 0 aromatic carbocycles. The molecule has 0 aromatic heterocycles. The summed E-state index contributed by atoms with van der Waals surface area (Å²) in [6.07, 6.45) is 17.1. The van der Waals surface area contributed by atoms with Crippen LogP contribution in [0, 0.1) is 35.5 Å². The molecule has 10 nitrogen and oxygen atoms in total. The second-order valence-corrected chi connectivity index (χ2v) is 17.9. The van der Waals surface area contributed by atoms with Crippen molar-refractivity contribution in [3.8, 4) is 0 Å². The lowest BCUT2D eigenvalue weighted by molar-refractivity contribution is -0.893. The maximum Gasteiger partial charge on any atom is 0.306 e.